The minimum absolute atomic E-state index is 0.0365. The number of para-hydroxylation sites is 1. The fourth-order valence-electron chi connectivity index (χ4n) is 4.96. The number of nitrogens with zero attached hydrogens (tertiary/aromatic N) is 2. The molecule has 1 atom stereocenters. The number of benzene rings is 4. The van der Waals surface area contributed by atoms with Gasteiger partial charge >= 0.3 is 6.18 Å². The first-order valence-electron chi connectivity index (χ1n) is 13.0. The van der Waals surface area contributed by atoms with Gasteiger partial charge in [0.2, 0.25) is 5.90 Å². The Balaban J connectivity index is 1.42. The summed E-state index contributed by atoms with van der Waals surface area (Å²) in [5, 5.41) is 0.438. The SMILES string of the molecule is CC1CN=C(c2cccc(Oc3cccc(-c4c(Cc5ccccc5)cnc5c(C(F)(F)F)cccc45)c3)c2)O1. The van der Waals surface area contributed by atoms with Gasteiger partial charge in [-0.3, -0.25) is 4.98 Å². The average molecular weight is 539 g/mol. The summed E-state index contributed by atoms with van der Waals surface area (Å²) in [6.07, 6.45) is -2.41. The Bertz CT molecular complexity index is 1710. The summed E-state index contributed by atoms with van der Waals surface area (Å²) in [7, 11) is 0. The molecular weight excluding hydrogens is 513 g/mol. The topological polar surface area (TPSA) is 43.7 Å². The normalized spacial score (nSPS) is 15.1. The fourth-order valence-corrected chi connectivity index (χ4v) is 4.96. The van der Waals surface area contributed by atoms with E-state index in [1.54, 1.807) is 12.3 Å². The Morgan fingerprint density at radius 2 is 1.55 bits per heavy atom. The molecule has 4 aromatic carbocycles. The van der Waals surface area contributed by atoms with Crippen LogP contribution in [0.15, 0.2) is 108 Å². The first kappa shape index (κ1) is 25.6. The summed E-state index contributed by atoms with van der Waals surface area (Å²) >= 11 is 0. The van der Waals surface area contributed by atoms with Crippen LogP contribution in [-0.2, 0) is 17.3 Å². The maximum Gasteiger partial charge on any atom is 0.418 e. The van der Waals surface area contributed by atoms with Gasteiger partial charge in [-0.25, -0.2) is 4.99 Å². The van der Waals surface area contributed by atoms with E-state index in [0.717, 1.165) is 28.3 Å². The van der Waals surface area contributed by atoms with Gasteiger partial charge in [-0.15, -0.1) is 0 Å². The van der Waals surface area contributed by atoms with Gasteiger partial charge in [0.25, 0.3) is 0 Å². The molecule has 1 aliphatic rings. The van der Waals surface area contributed by atoms with Crippen LogP contribution in [0.2, 0.25) is 0 Å². The highest BCUT2D eigenvalue weighted by Crippen LogP contribution is 2.40. The molecule has 1 aromatic heterocycles. The van der Waals surface area contributed by atoms with Gasteiger partial charge in [0.15, 0.2) is 0 Å². The molecule has 6 rings (SSSR count). The van der Waals surface area contributed by atoms with Crippen molar-refractivity contribution in [2.75, 3.05) is 6.54 Å². The number of aromatic nitrogens is 1. The second kappa shape index (κ2) is 10.5. The van der Waals surface area contributed by atoms with Crippen LogP contribution in [0.5, 0.6) is 11.5 Å². The van der Waals surface area contributed by atoms with E-state index in [1.165, 1.54) is 6.07 Å². The van der Waals surface area contributed by atoms with Crippen LogP contribution in [-0.4, -0.2) is 23.5 Å². The molecule has 0 fully saturated rings. The van der Waals surface area contributed by atoms with Crippen molar-refractivity contribution in [3.05, 3.63) is 126 Å². The Morgan fingerprint density at radius 1 is 0.850 bits per heavy atom. The molecule has 7 heteroatoms. The van der Waals surface area contributed by atoms with E-state index in [-0.39, 0.29) is 11.6 Å². The molecule has 0 N–H and O–H groups in total. The van der Waals surface area contributed by atoms with Crippen molar-refractivity contribution in [2.45, 2.75) is 25.6 Å². The summed E-state index contributed by atoms with van der Waals surface area (Å²) in [4.78, 5) is 8.74. The lowest BCUT2D eigenvalue weighted by atomic mass is 9.92. The zero-order valence-corrected chi connectivity index (χ0v) is 21.7. The van der Waals surface area contributed by atoms with E-state index in [0.29, 0.717) is 41.3 Å². The smallest absolute Gasteiger partial charge is 0.418 e. The lowest BCUT2D eigenvalue weighted by molar-refractivity contribution is -0.136. The van der Waals surface area contributed by atoms with Crippen LogP contribution in [0.25, 0.3) is 22.0 Å². The highest BCUT2D eigenvalue weighted by atomic mass is 19.4. The number of halogens is 3. The first-order valence-corrected chi connectivity index (χ1v) is 13.0. The van der Waals surface area contributed by atoms with Crippen molar-refractivity contribution < 1.29 is 22.6 Å². The highest BCUT2D eigenvalue weighted by Gasteiger charge is 2.33. The molecule has 0 saturated heterocycles. The third-order valence-electron chi connectivity index (χ3n) is 6.76. The predicted octanol–water partition coefficient (Wildman–Crippen LogP) is 8.47. The van der Waals surface area contributed by atoms with Crippen LogP contribution < -0.4 is 4.74 Å². The van der Waals surface area contributed by atoms with Gasteiger partial charge in [0.05, 0.1) is 17.6 Å². The van der Waals surface area contributed by atoms with Crippen LogP contribution in [0.3, 0.4) is 0 Å². The lowest BCUT2D eigenvalue weighted by Crippen LogP contribution is -2.08. The highest BCUT2D eigenvalue weighted by molar-refractivity contribution is 5.98. The molecule has 40 heavy (non-hydrogen) atoms. The standard InChI is InChI=1S/C33H25F3N2O2/c1-21-19-38-32(39-21)24-11-6-13-27(18-24)40-26-12-5-10-23(17-26)30-25(16-22-8-3-2-4-9-22)20-37-31-28(30)14-7-15-29(31)33(34,35)36/h2-15,17-18,20-21H,16,19H2,1H3. The monoisotopic (exact) mass is 538 g/mol. The van der Waals surface area contributed by atoms with E-state index >= 15 is 0 Å². The van der Waals surface area contributed by atoms with Crippen LogP contribution >= 0.6 is 0 Å². The summed E-state index contributed by atoms with van der Waals surface area (Å²) in [5.41, 5.74) is 3.28. The van der Waals surface area contributed by atoms with Crippen molar-refractivity contribution in [1.29, 1.82) is 0 Å². The van der Waals surface area contributed by atoms with E-state index in [9.17, 15) is 13.2 Å². The van der Waals surface area contributed by atoms with Crippen molar-refractivity contribution in [1.82, 2.24) is 4.98 Å². The first-order chi connectivity index (χ1) is 19.3. The molecular formula is C33H25F3N2O2. The molecule has 5 aromatic rings. The molecule has 0 saturated carbocycles. The number of rotatable bonds is 6. The molecule has 0 spiro atoms. The van der Waals surface area contributed by atoms with Crippen LogP contribution in [0, 0.1) is 0 Å². The third-order valence-corrected chi connectivity index (χ3v) is 6.76. The predicted molar refractivity (Wildman–Crippen MR) is 150 cm³/mol. The number of aliphatic imine (C=N–C) groups is 1. The summed E-state index contributed by atoms with van der Waals surface area (Å²) in [6, 6.07) is 28.9. The van der Waals surface area contributed by atoms with E-state index < -0.39 is 11.7 Å². The molecule has 200 valence electrons. The Morgan fingerprint density at radius 3 is 2.25 bits per heavy atom. The van der Waals surface area contributed by atoms with Gasteiger partial charge in [-0.05, 0) is 72.0 Å². The molecule has 0 amide bonds. The molecule has 0 radical (unpaired) electrons. The van der Waals surface area contributed by atoms with Gasteiger partial charge in [-0.2, -0.15) is 13.2 Å². The number of ether oxygens (including phenoxy) is 2. The quantitative estimate of drug-likeness (QED) is 0.218. The van der Waals surface area contributed by atoms with Gasteiger partial charge in [0, 0.05) is 17.1 Å². The Labute approximate surface area is 229 Å². The average Bonchev–Trinajstić information content (AvgIpc) is 3.39. The Kier molecular flexibility index (Phi) is 6.72. The Hall–Kier alpha value is -4.65. The molecule has 2 heterocycles. The zero-order valence-electron chi connectivity index (χ0n) is 21.7. The van der Waals surface area contributed by atoms with Gasteiger partial charge in [-0.1, -0.05) is 60.7 Å². The zero-order chi connectivity index (χ0) is 27.7. The lowest BCUT2D eigenvalue weighted by Gasteiger charge is -2.17. The van der Waals surface area contributed by atoms with Crippen molar-refractivity contribution >= 4 is 16.8 Å². The number of pyridine rings is 1. The maximum atomic E-state index is 13.9. The van der Waals surface area contributed by atoms with Crippen LogP contribution in [0.1, 0.15) is 29.2 Å². The molecule has 0 bridgehead atoms. The van der Waals surface area contributed by atoms with Crippen molar-refractivity contribution in [3.63, 3.8) is 0 Å². The van der Waals surface area contributed by atoms with Gasteiger partial charge in [0.1, 0.15) is 17.6 Å². The van der Waals surface area contributed by atoms with E-state index in [2.05, 4.69) is 9.98 Å². The van der Waals surface area contributed by atoms with E-state index in [1.807, 2.05) is 85.8 Å². The number of hydrogen-bond donors (Lipinski definition) is 0. The summed E-state index contributed by atoms with van der Waals surface area (Å²) in [5.74, 6) is 1.74. The second-order valence-electron chi connectivity index (χ2n) is 9.75. The number of alkyl halides is 3. The number of fused-ring (bicyclic) bond motifs is 1. The minimum Gasteiger partial charge on any atom is -0.472 e. The summed E-state index contributed by atoms with van der Waals surface area (Å²) < 4.78 is 53.7. The largest absolute Gasteiger partial charge is 0.472 e. The maximum absolute atomic E-state index is 13.9. The fraction of sp³-hybridized carbons (Fsp3) is 0.152. The molecule has 1 aliphatic heterocycles. The molecule has 4 nitrogen and oxygen atoms in total. The number of hydrogen-bond acceptors (Lipinski definition) is 4. The molecule has 0 aliphatic carbocycles. The van der Waals surface area contributed by atoms with E-state index in [4.69, 9.17) is 9.47 Å². The van der Waals surface area contributed by atoms with Crippen LogP contribution in [0.4, 0.5) is 13.2 Å². The van der Waals surface area contributed by atoms with Crippen molar-refractivity contribution in [3.8, 4) is 22.6 Å². The third kappa shape index (κ3) is 5.27. The molecule has 1 unspecified atom stereocenters. The van der Waals surface area contributed by atoms with Gasteiger partial charge < -0.3 is 9.47 Å². The minimum atomic E-state index is -4.52. The van der Waals surface area contributed by atoms with Crippen molar-refractivity contribution in [2.24, 2.45) is 4.99 Å². The summed E-state index contributed by atoms with van der Waals surface area (Å²) in [6.45, 7) is 2.58. The second-order valence-corrected chi connectivity index (χ2v) is 9.75.